The number of piperidine rings is 1. The molecule has 2 aliphatic rings. The summed E-state index contributed by atoms with van der Waals surface area (Å²) in [5, 5.41) is 9.70. The Balaban J connectivity index is 1.69. The van der Waals surface area contributed by atoms with Crippen molar-refractivity contribution >= 4 is 17.8 Å². The van der Waals surface area contributed by atoms with Gasteiger partial charge in [-0.3, -0.25) is 14.5 Å². The first-order valence-corrected chi connectivity index (χ1v) is 7.79. The van der Waals surface area contributed by atoms with Gasteiger partial charge in [-0.2, -0.15) is 0 Å². The van der Waals surface area contributed by atoms with Crippen LogP contribution < -0.4 is 4.90 Å². The first-order chi connectivity index (χ1) is 11.1. The lowest BCUT2D eigenvalue weighted by molar-refractivity contribution is -0.915. The van der Waals surface area contributed by atoms with Crippen LogP contribution in [0.4, 0.5) is 4.79 Å². The van der Waals surface area contributed by atoms with Crippen molar-refractivity contribution in [3.63, 3.8) is 0 Å². The van der Waals surface area contributed by atoms with Gasteiger partial charge in [0.05, 0.1) is 13.1 Å². The van der Waals surface area contributed by atoms with Gasteiger partial charge >= 0.3 is 17.8 Å². The number of carbonyl (C=O) groups is 3. The predicted molar refractivity (Wildman–Crippen MR) is 80.0 cm³/mol. The lowest BCUT2D eigenvalue weighted by Crippen LogP contribution is -3.15. The van der Waals surface area contributed by atoms with E-state index in [1.807, 2.05) is 18.2 Å². The number of aliphatic hydroxyl groups is 1. The lowest BCUT2D eigenvalue weighted by Gasteiger charge is -2.29. The summed E-state index contributed by atoms with van der Waals surface area (Å²) in [6, 6.07) is 8.52. The Morgan fingerprint density at radius 2 is 1.78 bits per heavy atom. The molecule has 4 amide bonds. The zero-order valence-corrected chi connectivity index (χ0v) is 12.8. The fourth-order valence-corrected chi connectivity index (χ4v) is 3.09. The Labute approximate surface area is 134 Å². The van der Waals surface area contributed by atoms with Crippen LogP contribution in [-0.4, -0.2) is 58.6 Å². The van der Waals surface area contributed by atoms with Crippen LogP contribution in [0.5, 0.6) is 0 Å². The molecule has 1 aromatic rings. The van der Waals surface area contributed by atoms with Crippen molar-refractivity contribution in [3.05, 3.63) is 35.9 Å². The number of benzene rings is 1. The molecule has 23 heavy (non-hydrogen) atoms. The quantitative estimate of drug-likeness (QED) is 0.550. The maximum absolute atomic E-state index is 12.4. The van der Waals surface area contributed by atoms with Crippen LogP contribution >= 0.6 is 0 Å². The maximum atomic E-state index is 12.4. The molecule has 2 saturated heterocycles. The summed E-state index contributed by atoms with van der Waals surface area (Å²) in [6.07, 6.45) is 1.17. The summed E-state index contributed by atoms with van der Waals surface area (Å²) >= 11 is 0. The van der Waals surface area contributed by atoms with Crippen LogP contribution in [0.2, 0.25) is 0 Å². The van der Waals surface area contributed by atoms with Crippen molar-refractivity contribution in [3.8, 4) is 0 Å². The zero-order chi connectivity index (χ0) is 16.4. The molecule has 2 fully saturated rings. The molecular formula is C16H20N3O4+. The number of imide groups is 2. The summed E-state index contributed by atoms with van der Waals surface area (Å²) in [4.78, 5) is 39.5. The van der Waals surface area contributed by atoms with Crippen LogP contribution in [0.3, 0.4) is 0 Å². The van der Waals surface area contributed by atoms with Crippen molar-refractivity contribution in [2.45, 2.75) is 25.5 Å². The van der Waals surface area contributed by atoms with E-state index in [1.165, 1.54) is 0 Å². The van der Waals surface area contributed by atoms with Gasteiger partial charge in [-0.15, -0.1) is 0 Å². The highest BCUT2D eigenvalue weighted by atomic mass is 16.3. The normalized spacial score (nSPS) is 25.3. The third kappa shape index (κ3) is 3.25. The Morgan fingerprint density at radius 1 is 1.09 bits per heavy atom. The largest absolute Gasteiger partial charge is 0.387 e. The van der Waals surface area contributed by atoms with Gasteiger partial charge in [0.15, 0.2) is 6.67 Å². The fraction of sp³-hybridized carbons (Fsp3) is 0.438. The standard InChI is InChI=1S/C16H19N3O4/c20-13-7-4-8-17(10-13)11-19-15(22)14(21)18(16(19)23)9-12-5-2-1-3-6-12/h1-3,5-6,13,20H,4,7-11H2/p+1/t13-/m1/s1. The molecule has 7 heteroatoms. The van der Waals surface area contributed by atoms with Gasteiger partial charge in [0.2, 0.25) is 0 Å². The van der Waals surface area contributed by atoms with Crippen LogP contribution in [0.1, 0.15) is 18.4 Å². The highest BCUT2D eigenvalue weighted by molar-refractivity contribution is 6.44. The molecular weight excluding hydrogens is 298 g/mol. The Kier molecular flexibility index (Phi) is 4.40. The average molecular weight is 318 g/mol. The number of nitrogens with one attached hydrogen (secondary N) is 1. The lowest BCUT2D eigenvalue weighted by atomic mass is 10.1. The van der Waals surface area contributed by atoms with E-state index in [0.29, 0.717) is 6.54 Å². The van der Waals surface area contributed by atoms with E-state index in [9.17, 15) is 19.5 Å². The highest BCUT2D eigenvalue weighted by Gasteiger charge is 2.46. The summed E-state index contributed by atoms with van der Waals surface area (Å²) in [5.41, 5.74) is 0.796. The molecule has 0 aliphatic carbocycles. The second kappa shape index (κ2) is 6.47. The average Bonchev–Trinajstić information content (AvgIpc) is 2.74. The van der Waals surface area contributed by atoms with Crippen molar-refractivity contribution in [2.75, 3.05) is 19.8 Å². The SMILES string of the molecule is O=C1C(=O)N(C[NH+]2CCC[C@@H](O)C2)C(=O)N1Cc1ccccc1. The Bertz CT molecular complexity index is 619. The number of urea groups is 1. The predicted octanol–water partition coefficient (Wildman–Crippen LogP) is -1.03. The molecule has 2 heterocycles. The molecule has 1 unspecified atom stereocenters. The van der Waals surface area contributed by atoms with Crippen molar-refractivity contribution in [1.82, 2.24) is 9.80 Å². The van der Waals surface area contributed by atoms with Crippen LogP contribution in [-0.2, 0) is 16.1 Å². The number of rotatable bonds is 4. The van der Waals surface area contributed by atoms with E-state index in [2.05, 4.69) is 0 Å². The highest BCUT2D eigenvalue weighted by Crippen LogP contribution is 2.15. The van der Waals surface area contributed by atoms with Gasteiger partial charge in [-0.05, 0) is 18.4 Å². The van der Waals surface area contributed by atoms with E-state index < -0.39 is 23.9 Å². The van der Waals surface area contributed by atoms with Crippen molar-refractivity contribution < 1.29 is 24.4 Å². The minimum atomic E-state index is -0.782. The van der Waals surface area contributed by atoms with Crippen LogP contribution in [0.15, 0.2) is 30.3 Å². The third-order valence-corrected chi connectivity index (χ3v) is 4.29. The number of amides is 4. The maximum Gasteiger partial charge on any atom is 0.339 e. The molecule has 0 aromatic heterocycles. The van der Waals surface area contributed by atoms with E-state index in [0.717, 1.165) is 39.6 Å². The molecule has 0 saturated carbocycles. The fourth-order valence-electron chi connectivity index (χ4n) is 3.09. The van der Waals surface area contributed by atoms with E-state index in [4.69, 9.17) is 0 Å². The van der Waals surface area contributed by atoms with E-state index in [1.54, 1.807) is 12.1 Å². The topological polar surface area (TPSA) is 82.4 Å². The number of aliphatic hydroxyl groups excluding tert-OH is 1. The molecule has 122 valence electrons. The number of carbonyl (C=O) groups excluding carboxylic acids is 3. The van der Waals surface area contributed by atoms with Crippen LogP contribution in [0.25, 0.3) is 0 Å². The second-order valence-corrected chi connectivity index (χ2v) is 6.05. The Morgan fingerprint density at radius 3 is 2.48 bits per heavy atom. The minimum absolute atomic E-state index is 0.0959. The van der Waals surface area contributed by atoms with Gasteiger partial charge in [0.1, 0.15) is 12.6 Å². The zero-order valence-electron chi connectivity index (χ0n) is 12.8. The van der Waals surface area contributed by atoms with Crippen molar-refractivity contribution in [1.29, 1.82) is 0 Å². The molecule has 2 N–H and O–H groups in total. The van der Waals surface area contributed by atoms with Gasteiger partial charge in [-0.25, -0.2) is 9.69 Å². The minimum Gasteiger partial charge on any atom is -0.387 e. The Hall–Kier alpha value is -2.25. The summed E-state index contributed by atoms with van der Waals surface area (Å²) in [5.74, 6) is -1.56. The monoisotopic (exact) mass is 318 g/mol. The molecule has 0 spiro atoms. The van der Waals surface area contributed by atoms with Gasteiger partial charge in [0, 0.05) is 0 Å². The third-order valence-electron chi connectivity index (χ3n) is 4.29. The first kappa shape index (κ1) is 15.6. The summed E-state index contributed by atoms with van der Waals surface area (Å²) < 4.78 is 0. The molecule has 0 bridgehead atoms. The molecule has 2 atom stereocenters. The van der Waals surface area contributed by atoms with Gasteiger partial charge < -0.3 is 10.0 Å². The molecule has 7 nitrogen and oxygen atoms in total. The molecule has 1 aromatic carbocycles. The second-order valence-electron chi connectivity index (χ2n) is 6.05. The number of hydrogen-bond acceptors (Lipinski definition) is 4. The summed E-state index contributed by atoms with van der Waals surface area (Å²) in [6.45, 7) is 1.50. The van der Waals surface area contributed by atoms with E-state index in [-0.39, 0.29) is 13.2 Å². The molecule has 3 rings (SSSR count). The summed E-state index contributed by atoms with van der Waals surface area (Å²) in [7, 11) is 0. The van der Waals surface area contributed by atoms with Crippen LogP contribution in [0, 0.1) is 0 Å². The number of quaternary nitrogens is 1. The van der Waals surface area contributed by atoms with E-state index >= 15 is 0 Å². The van der Waals surface area contributed by atoms with Crippen molar-refractivity contribution in [2.24, 2.45) is 0 Å². The van der Waals surface area contributed by atoms with Gasteiger partial charge in [0.25, 0.3) is 0 Å². The number of hydrogen-bond donors (Lipinski definition) is 2. The smallest absolute Gasteiger partial charge is 0.339 e. The number of likely N-dealkylation sites (tertiary alicyclic amines) is 1. The first-order valence-electron chi connectivity index (χ1n) is 7.79. The molecule has 0 radical (unpaired) electrons. The number of nitrogens with zero attached hydrogens (tertiary/aromatic N) is 2. The molecule has 2 aliphatic heterocycles. The van der Waals surface area contributed by atoms with Gasteiger partial charge in [-0.1, -0.05) is 30.3 Å².